The van der Waals surface area contributed by atoms with Crippen molar-refractivity contribution in [3.8, 4) is 33.4 Å². The van der Waals surface area contributed by atoms with Crippen molar-refractivity contribution in [2.24, 2.45) is 0 Å². The fourth-order valence-corrected chi connectivity index (χ4v) is 5.32. The number of rotatable bonds is 4. The molecule has 5 aromatic rings. The molecule has 0 atom stereocenters. The van der Waals surface area contributed by atoms with Gasteiger partial charge in [0.1, 0.15) is 0 Å². The topological polar surface area (TPSA) is 12.0 Å². The van der Waals surface area contributed by atoms with Crippen molar-refractivity contribution in [1.29, 1.82) is 0 Å². The molecule has 0 spiro atoms. The van der Waals surface area contributed by atoms with Crippen LogP contribution in [-0.2, 0) is 5.41 Å². The van der Waals surface area contributed by atoms with Gasteiger partial charge in [0.05, 0.1) is 0 Å². The third-order valence-electron chi connectivity index (χ3n) is 7.10. The number of fused-ring (bicyclic) bond motifs is 3. The first-order chi connectivity index (χ1) is 16.6. The number of hydrogen-bond donors (Lipinski definition) is 1. The Hall–Kier alpha value is -4.10. The van der Waals surface area contributed by atoms with Gasteiger partial charge in [-0.1, -0.05) is 117 Å². The van der Waals surface area contributed by atoms with Crippen LogP contribution in [-0.4, -0.2) is 0 Å². The summed E-state index contributed by atoms with van der Waals surface area (Å²) in [4.78, 5) is 0. The van der Waals surface area contributed by atoms with E-state index in [0.717, 1.165) is 11.4 Å². The first kappa shape index (κ1) is 20.5. The maximum atomic E-state index is 3.74. The van der Waals surface area contributed by atoms with Gasteiger partial charge in [-0.2, -0.15) is 0 Å². The van der Waals surface area contributed by atoms with Crippen LogP contribution in [0.3, 0.4) is 0 Å². The van der Waals surface area contributed by atoms with E-state index in [4.69, 9.17) is 0 Å². The molecule has 1 aliphatic carbocycles. The van der Waals surface area contributed by atoms with Crippen LogP contribution in [0, 0.1) is 0 Å². The molecule has 34 heavy (non-hydrogen) atoms. The van der Waals surface area contributed by atoms with E-state index in [1.165, 1.54) is 44.5 Å². The largest absolute Gasteiger partial charge is 0.355 e. The second-order valence-corrected chi connectivity index (χ2v) is 9.51. The summed E-state index contributed by atoms with van der Waals surface area (Å²) in [5.74, 6) is 0. The highest BCUT2D eigenvalue weighted by molar-refractivity contribution is 5.89. The lowest BCUT2D eigenvalue weighted by atomic mass is 9.81. The summed E-state index contributed by atoms with van der Waals surface area (Å²) >= 11 is 0. The van der Waals surface area contributed by atoms with Gasteiger partial charge in [-0.25, -0.2) is 0 Å². The Balaban J connectivity index is 1.43. The minimum atomic E-state index is -0.00970. The minimum Gasteiger partial charge on any atom is -0.355 e. The van der Waals surface area contributed by atoms with Crippen LogP contribution in [0.25, 0.3) is 33.4 Å². The molecule has 1 N–H and O–H groups in total. The SMILES string of the molecule is CC1(C)c2ccccc2-c2ccc(-c3ccccc3Nc3ccccc3-c3ccccc3)cc21. The van der Waals surface area contributed by atoms with Crippen LogP contribution >= 0.6 is 0 Å². The first-order valence-electron chi connectivity index (χ1n) is 11.9. The smallest absolute Gasteiger partial charge is 0.0464 e. The molecule has 0 amide bonds. The minimum absolute atomic E-state index is 0.00970. The van der Waals surface area contributed by atoms with E-state index in [1.54, 1.807) is 0 Å². The van der Waals surface area contributed by atoms with Crippen molar-refractivity contribution in [3.05, 3.63) is 132 Å². The zero-order chi connectivity index (χ0) is 23.1. The highest BCUT2D eigenvalue weighted by Crippen LogP contribution is 2.49. The Morgan fingerprint density at radius 3 is 1.68 bits per heavy atom. The average molecular weight is 438 g/mol. The summed E-state index contributed by atoms with van der Waals surface area (Å²) in [5.41, 5.74) is 12.6. The molecule has 0 saturated heterocycles. The lowest BCUT2D eigenvalue weighted by molar-refractivity contribution is 0.660. The van der Waals surface area contributed by atoms with Crippen LogP contribution in [0.5, 0.6) is 0 Å². The van der Waals surface area contributed by atoms with Crippen LogP contribution in [0.2, 0.25) is 0 Å². The summed E-state index contributed by atoms with van der Waals surface area (Å²) in [6, 6.07) is 43.4. The van der Waals surface area contributed by atoms with E-state index in [1.807, 2.05) is 0 Å². The summed E-state index contributed by atoms with van der Waals surface area (Å²) in [5, 5.41) is 3.74. The maximum absolute atomic E-state index is 3.74. The van der Waals surface area contributed by atoms with E-state index in [-0.39, 0.29) is 5.41 Å². The molecule has 5 aromatic carbocycles. The van der Waals surface area contributed by atoms with Crippen molar-refractivity contribution < 1.29 is 0 Å². The molecule has 0 saturated carbocycles. The molecule has 0 aromatic heterocycles. The molecule has 0 radical (unpaired) electrons. The molecular formula is C33H27N. The molecule has 1 nitrogen and oxygen atoms in total. The second-order valence-electron chi connectivity index (χ2n) is 9.51. The van der Waals surface area contributed by atoms with E-state index >= 15 is 0 Å². The van der Waals surface area contributed by atoms with Crippen LogP contribution in [0.15, 0.2) is 121 Å². The van der Waals surface area contributed by atoms with Crippen molar-refractivity contribution in [3.63, 3.8) is 0 Å². The zero-order valence-electron chi connectivity index (χ0n) is 19.5. The Kier molecular flexibility index (Phi) is 4.85. The van der Waals surface area contributed by atoms with Gasteiger partial charge in [0.25, 0.3) is 0 Å². The van der Waals surface area contributed by atoms with Crippen molar-refractivity contribution >= 4 is 11.4 Å². The summed E-state index contributed by atoms with van der Waals surface area (Å²) < 4.78 is 0. The molecule has 0 aliphatic heterocycles. The van der Waals surface area contributed by atoms with Crippen LogP contribution in [0.1, 0.15) is 25.0 Å². The monoisotopic (exact) mass is 437 g/mol. The van der Waals surface area contributed by atoms with Crippen LogP contribution in [0.4, 0.5) is 11.4 Å². The average Bonchev–Trinajstić information content (AvgIpc) is 3.12. The lowest BCUT2D eigenvalue weighted by Crippen LogP contribution is -2.14. The van der Waals surface area contributed by atoms with Gasteiger partial charge in [-0.3, -0.25) is 0 Å². The number of para-hydroxylation sites is 2. The Labute approximate surface area is 201 Å². The number of benzene rings is 5. The molecule has 1 heteroatoms. The quantitative estimate of drug-likeness (QED) is 0.296. The Bertz CT molecular complexity index is 1490. The van der Waals surface area contributed by atoms with Gasteiger partial charge < -0.3 is 5.32 Å². The summed E-state index contributed by atoms with van der Waals surface area (Å²) in [7, 11) is 0. The normalized spacial score (nSPS) is 13.2. The van der Waals surface area contributed by atoms with Gasteiger partial charge >= 0.3 is 0 Å². The van der Waals surface area contributed by atoms with E-state index in [9.17, 15) is 0 Å². The number of anilines is 2. The van der Waals surface area contributed by atoms with Gasteiger partial charge in [0, 0.05) is 27.9 Å². The fraction of sp³-hybridized carbons (Fsp3) is 0.0909. The van der Waals surface area contributed by atoms with E-state index < -0.39 is 0 Å². The standard InChI is InChI=1S/C33H27N/c1-33(2)29-17-9-6-16-27(29)28-21-20-24(22-30(28)33)26-15-8-11-19-32(26)34-31-18-10-7-14-25(31)23-12-4-3-5-13-23/h3-22,34H,1-2H3. The molecular weight excluding hydrogens is 410 g/mol. The zero-order valence-corrected chi connectivity index (χ0v) is 19.5. The van der Waals surface area contributed by atoms with Crippen molar-refractivity contribution in [1.82, 2.24) is 0 Å². The molecule has 1 aliphatic rings. The van der Waals surface area contributed by atoms with Gasteiger partial charge in [-0.05, 0) is 51.6 Å². The molecule has 6 rings (SSSR count). The highest BCUT2D eigenvalue weighted by Gasteiger charge is 2.35. The van der Waals surface area contributed by atoms with Crippen LogP contribution < -0.4 is 5.32 Å². The Morgan fingerprint density at radius 1 is 0.441 bits per heavy atom. The predicted molar refractivity (Wildman–Crippen MR) is 145 cm³/mol. The lowest BCUT2D eigenvalue weighted by Gasteiger charge is -2.22. The Morgan fingerprint density at radius 2 is 0.971 bits per heavy atom. The number of nitrogens with one attached hydrogen (secondary N) is 1. The first-order valence-corrected chi connectivity index (χ1v) is 11.9. The number of hydrogen-bond acceptors (Lipinski definition) is 1. The molecule has 0 unspecified atom stereocenters. The second kappa shape index (κ2) is 8.04. The van der Waals surface area contributed by atoms with Gasteiger partial charge in [0.15, 0.2) is 0 Å². The predicted octanol–water partition coefficient (Wildman–Crippen LogP) is 9.07. The third-order valence-corrected chi connectivity index (χ3v) is 7.10. The van der Waals surface area contributed by atoms with E-state index in [0.29, 0.717) is 0 Å². The van der Waals surface area contributed by atoms with Gasteiger partial charge in [-0.15, -0.1) is 0 Å². The highest BCUT2D eigenvalue weighted by atomic mass is 14.9. The van der Waals surface area contributed by atoms with Crippen molar-refractivity contribution in [2.75, 3.05) is 5.32 Å². The molecule has 0 bridgehead atoms. The summed E-state index contributed by atoms with van der Waals surface area (Å²) in [6.45, 7) is 4.67. The van der Waals surface area contributed by atoms with Gasteiger partial charge in [0.2, 0.25) is 0 Å². The summed E-state index contributed by atoms with van der Waals surface area (Å²) in [6.07, 6.45) is 0. The molecule has 0 heterocycles. The maximum Gasteiger partial charge on any atom is 0.0464 e. The third kappa shape index (κ3) is 3.33. The van der Waals surface area contributed by atoms with E-state index in [2.05, 4.69) is 140 Å². The molecule has 0 fully saturated rings. The van der Waals surface area contributed by atoms with Crippen molar-refractivity contribution in [2.45, 2.75) is 19.3 Å². The molecule has 164 valence electrons. The fourth-order valence-electron chi connectivity index (χ4n) is 5.32.